The SMILES string of the molecule is C[C@@H](c1ccccc1)c1cnc(N2CCNCC2)nc1. The van der Waals surface area contributed by atoms with E-state index < -0.39 is 0 Å². The highest BCUT2D eigenvalue weighted by molar-refractivity contribution is 5.34. The molecule has 0 spiro atoms. The molecule has 0 saturated carbocycles. The summed E-state index contributed by atoms with van der Waals surface area (Å²) < 4.78 is 0. The Bertz CT molecular complexity index is 532. The first-order valence-electron chi connectivity index (χ1n) is 7.17. The molecule has 2 heterocycles. The van der Waals surface area contributed by atoms with Crippen molar-refractivity contribution in [3.63, 3.8) is 0 Å². The predicted octanol–water partition coefficient (Wildman–Crippen LogP) is 2.04. The van der Waals surface area contributed by atoms with Gasteiger partial charge in [0, 0.05) is 44.5 Å². The summed E-state index contributed by atoms with van der Waals surface area (Å²) in [6.45, 7) is 6.16. The molecule has 2 aromatic rings. The Morgan fingerprint density at radius 1 is 1.00 bits per heavy atom. The van der Waals surface area contributed by atoms with Gasteiger partial charge in [-0.1, -0.05) is 37.3 Å². The molecule has 1 atom stereocenters. The van der Waals surface area contributed by atoms with Gasteiger partial charge in [0.25, 0.3) is 0 Å². The number of aromatic nitrogens is 2. The summed E-state index contributed by atoms with van der Waals surface area (Å²) in [5, 5.41) is 3.34. The van der Waals surface area contributed by atoms with Gasteiger partial charge >= 0.3 is 0 Å². The van der Waals surface area contributed by atoms with Crippen molar-refractivity contribution in [2.24, 2.45) is 0 Å². The first-order chi connectivity index (χ1) is 9.84. The zero-order valence-electron chi connectivity index (χ0n) is 11.8. The van der Waals surface area contributed by atoms with Crippen LogP contribution in [-0.4, -0.2) is 36.1 Å². The van der Waals surface area contributed by atoms with Crippen molar-refractivity contribution in [2.75, 3.05) is 31.1 Å². The fourth-order valence-corrected chi connectivity index (χ4v) is 2.52. The number of benzene rings is 1. The summed E-state index contributed by atoms with van der Waals surface area (Å²) in [5.74, 6) is 1.17. The van der Waals surface area contributed by atoms with E-state index in [1.807, 2.05) is 18.5 Å². The summed E-state index contributed by atoms with van der Waals surface area (Å²) in [6.07, 6.45) is 3.92. The lowest BCUT2D eigenvalue weighted by Gasteiger charge is -2.27. The number of anilines is 1. The first kappa shape index (κ1) is 13.1. The molecule has 3 rings (SSSR count). The number of hydrogen-bond donors (Lipinski definition) is 1. The van der Waals surface area contributed by atoms with Gasteiger partial charge in [-0.05, 0) is 11.1 Å². The third kappa shape index (κ3) is 2.80. The average molecular weight is 268 g/mol. The van der Waals surface area contributed by atoms with Crippen molar-refractivity contribution in [3.05, 3.63) is 53.9 Å². The molecule has 20 heavy (non-hydrogen) atoms. The van der Waals surface area contributed by atoms with E-state index >= 15 is 0 Å². The lowest BCUT2D eigenvalue weighted by atomic mass is 9.96. The van der Waals surface area contributed by atoms with Crippen LogP contribution in [0.4, 0.5) is 5.95 Å². The Balaban J connectivity index is 1.75. The van der Waals surface area contributed by atoms with E-state index in [9.17, 15) is 0 Å². The van der Waals surface area contributed by atoms with Crippen LogP contribution in [0.3, 0.4) is 0 Å². The Kier molecular flexibility index (Phi) is 3.92. The number of nitrogens with zero attached hydrogens (tertiary/aromatic N) is 3. The van der Waals surface area contributed by atoms with Crippen LogP contribution >= 0.6 is 0 Å². The van der Waals surface area contributed by atoms with Crippen molar-refractivity contribution < 1.29 is 0 Å². The van der Waals surface area contributed by atoms with Gasteiger partial charge in [-0.2, -0.15) is 0 Å². The van der Waals surface area contributed by atoms with E-state index in [1.54, 1.807) is 0 Å². The fourth-order valence-electron chi connectivity index (χ4n) is 2.52. The highest BCUT2D eigenvalue weighted by Gasteiger charge is 2.14. The number of hydrogen-bond acceptors (Lipinski definition) is 4. The molecule has 1 aliphatic rings. The number of nitrogens with one attached hydrogen (secondary N) is 1. The van der Waals surface area contributed by atoms with Crippen LogP contribution in [-0.2, 0) is 0 Å². The predicted molar refractivity (Wildman–Crippen MR) is 81.1 cm³/mol. The molecule has 4 heteroatoms. The summed E-state index contributed by atoms with van der Waals surface area (Å²) in [5.41, 5.74) is 2.46. The third-order valence-electron chi connectivity index (χ3n) is 3.86. The quantitative estimate of drug-likeness (QED) is 0.925. The summed E-state index contributed by atoms with van der Waals surface area (Å²) in [4.78, 5) is 11.3. The second-order valence-electron chi connectivity index (χ2n) is 5.19. The molecular weight excluding hydrogens is 248 g/mol. The minimum atomic E-state index is 0.327. The van der Waals surface area contributed by atoms with Crippen molar-refractivity contribution in [1.82, 2.24) is 15.3 Å². The van der Waals surface area contributed by atoms with E-state index in [0.717, 1.165) is 37.7 Å². The molecule has 0 bridgehead atoms. The maximum absolute atomic E-state index is 4.54. The molecule has 1 fully saturated rings. The van der Waals surface area contributed by atoms with Crippen molar-refractivity contribution in [3.8, 4) is 0 Å². The number of piperazine rings is 1. The van der Waals surface area contributed by atoms with E-state index in [0.29, 0.717) is 5.92 Å². The Labute approximate surface area is 119 Å². The van der Waals surface area contributed by atoms with Crippen LogP contribution in [0.2, 0.25) is 0 Å². The van der Waals surface area contributed by atoms with Gasteiger partial charge in [0.1, 0.15) is 0 Å². The van der Waals surface area contributed by atoms with Gasteiger partial charge in [-0.15, -0.1) is 0 Å². The second kappa shape index (κ2) is 6.01. The Morgan fingerprint density at radius 2 is 1.65 bits per heavy atom. The minimum absolute atomic E-state index is 0.327. The van der Waals surface area contributed by atoms with Crippen LogP contribution in [0.5, 0.6) is 0 Å². The fraction of sp³-hybridized carbons (Fsp3) is 0.375. The zero-order chi connectivity index (χ0) is 13.8. The molecule has 1 aliphatic heterocycles. The summed E-state index contributed by atoms with van der Waals surface area (Å²) >= 11 is 0. The van der Waals surface area contributed by atoms with Gasteiger partial charge in [0.05, 0.1) is 0 Å². The molecule has 4 nitrogen and oxygen atoms in total. The van der Waals surface area contributed by atoms with Crippen LogP contribution < -0.4 is 10.2 Å². The molecule has 104 valence electrons. The Hall–Kier alpha value is -1.94. The lowest BCUT2D eigenvalue weighted by Crippen LogP contribution is -2.44. The molecule has 0 unspecified atom stereocenters. The highest BCUT2D eigenvalue weighted by atomic mass is 15.3. The van der Waals surface area contributed by atoms with E-state index in [-0.39, 0.29) is 0 Å². The monoisotopic (exact) mass is 268 g/mol. The lowest BCUT2D eigenvalue weighted by molar-refractivity contribution is 0.579. The normalized spacial score (nSPS) is 16.9. The molecular formula is C16H20N4. The van der Waals surface area contributed by atoms with Gasteiger partial charge in [-0.3, -0.25) is 0 Å². The minimum Gasteiger partial charge on any atom is -0.338 e. The Morgan fingerprint density at radius 3 is 2.30 bits per heavy atom. The summed E-state index contributed by atoms with van der Waals surface area (Å²) in [6, 6.07) is 10.5. The van der Waals surface area contributed by atoms with Crippen LogP contribution in [0, 0.1) is 0 Å². The molecule has 0 aliphatic carbocycles. The molecule has 1 aromatic heterocycles. The zero-order valence-corrected chi connectivity index (χ0v) is 11.8. The van der Waals surface area contributed by atoms with E-state index in [4.69, 9.17) is 0 Å². The second-order valence-corrected chi connectivity index (χ2v) is 5.19. The third-order valence-corrected chi connectivity index (χ3v) is 3.86. The topological polar surface area (TPSA) is 41.1 Å². The van der Waals surface area contributed by atoms with Gasteiger partial charge < -0.3 is 10.2 Å². The van der Waals surface area contributed by atoms with Gasteiger partial charge in [0.15, 0.2) is 0 Å². The van der Waals surface area contributed by atoms with E-state index in [1.165, 1.54) is 5.56 Å². The van der Waals surface area contributed by atoms with Crippen LogP contribution in [0.15, 0.2) is 42.7 Å². The molecule has 1 aromatic carbocycles. The van der Waals surface area contributed by atoms with Crippen molar-refractivity contribution in [1.29, 1.82) is 0 Å². The maximum Gasteiger partial charge on any atom is 0.225 e. The van der Waals surface area contributed by atoms with Crippen molar-refractivity contribution in [2.45, 2.75) is 12.8 Å². The molecule has 1 N–H and O–H groups in total. The maximum atomic E-state index is 4.54. The molecule has 1 saturated heterocycles. The van der Waals surface area contributed by atoms with Gasteiger partial charge in [-0.25, -0.2) is 9.97 Å². The smallest absolute Gasteiger partial charge is 0.225 e. The van der Waals surface area contributed by atoms with Crippen molar-refractivity contribution >= 4 is 5.95 Å². The molecule has 0 amide bonds. The highest BCUT2D eigenvalue weighted by Crippen LogP contribution is 2.23. The number of rotatable bonds is 3. The van der Waals surface area contributed by atoms with E-state index in [2.05, 4.69) is 51.4 Å². The largest absolute Gasteiger partial charge is 0.338 e. The average Bonchev–Trinajstić information content (AvgIpc) is 2.56. The van der Waals surface area contributed by atoms with Gasteiger partial charge in [0.2, 0.25) is 5.95 Å². The summed E-state index contributed by atoms with van der Waals surface area (Å²) in [7, 11) is 0. The van der Waals surface area contributed by atoms with Crippen LogP contribution in [0.1, 0.15) is 24.0 Å². The molecule has 0 radical (unpaired) electrons. The standard InChI is InChI=1S/C16H20N4/c1-13(14-5-3-2-4-6-14)15-11-18-16(19-12-15)20-9-7-17-8-10-20/h2-6,11-13,17H,7-10H2,1H3/t13-/m0/s1. The van der Waals surface area contributed by atoms with Crippen LogP contribution in [0.25, 0.3) is 0 Å². The first-order valence-corrected chi connectivity index (χ1v) is 7.17.